The number of halogens is 2. The van der Waals surface area contributed by atoms with Crippen molar-refractivity contribution in [1.82, 2.24) is 10.2 Å². The van der Waals surface area contributed by atoms with Gasteiger partial charge in [0.2, 0.25) is 11.8 Å². The van der Waals surface area contributed by atoms with Gasteiger partial charge in [0.25, 0.3) is 10.0 Å². The predicted molar refractivity (Wildman–Crippen MR) is 162 cm³/mol. The predicted octanol–water partition coefficient (Wildman–Crippen LogP) is 5.45. The molecular formula is C32H31ClFN3O4S. The minimum Gasteiger partial charge on any atom is -0.355 e. The Bertz CT molecular complexity index is 1600. The second kappa shape index (κ2) is 14.1. The molecule has 10 heteroatoms. The molecule has 4 rings (SSSR count). The van der Waals surface area contributed by atoms with Crippen LogP contribution >= 0.6 is 11.6 Å². The van der Waals surface area contributed by atoms with Crippen LogP contribution in [0.4, 0.5) is 10.1 Å². The first-order chi connectivity index (χ1) is 20.2. The van der Waals surface area contributed by atoms with Crippen molar-refractivity contribution in [2.75, 3.05) is 17.4 Å². The fourth-order valence-electron chi connectivity index (χ4n) is 4.51. The van der Waals surface area contributed by atoms with E-state index in [4.69, 9.17) is 11.6 Å². The standard InChI is InChI=1S/C32H31ClFN3O4S/c1-2-35-32(39)30(21-24-11-5-3-6-12-24)36(22-25-13-9-10-16-29(25)33)31(38)23-37(27-14-7-4-8-15-27)42(40,41)28-19-17-26(34)18-20-28/h3-20,30H,2,21-23H2,1H3,(H,35,39)/t30-/m0/s1. The Morgan fingerprint density at radius 1 is 0.857 bits per heavy atom. The molecule has 0 radical (unpaired) electrons. The summed E-state index contributed by atoms with van der Waals surface area (Å²) in [5.41, 5.74) is 1.66. The Balaban J connectivity index is 1.78. The summed E-state index contributed by atoms with van der Waals surface area (Å²) in [6, 6.07) is 27.8. The van der Waals surface area contributed by atoms with E-state index in [1.807, 2.05) is 30.3 Å². The van der Waals surface area contributed by atoms with Crippen molar-refractivity contribution < 1.29 is 22.4 Å². The van der Waals surface area contributed by atoms with Crippen LogP contribution in [-0.4, -0.2) is 44.3 Å². The van der Waals surface area contributed by atoms with E-state index in [-0.39, 0.29) is 29.5 Å². The third-order valence-corrected chi connectivity index (χ3v) is 8.80. The maximum Gasteiger partial charge on any atom is 0.264 e. The smallest absolute Gasteiger partial charge is 0.264 e. The number of nitrogens with one attached hydrogen (secondary N) is 1. The molecule has 0 aromatic heterocycles. The molecule has 0 bridgehead atoms. The maximum atomic E-state index is 14.3. The molecule has 0 saturated heterocycles. The van der Waals surface area contributed by atoms with E-state index in [0.717, 1.165) is 34.1 Å². The number of sulfonamides is 1. The van der Waals surface area contributed by atoms with Gasteiger partial charge in [-0.25, -0.2) is 12.8 Å². The van der Waals surface area contributed by atoms with Crippen LogP contribution in [0.1, 0.15) is 18.1 Å². The van der Waals surface area contributed by atoms with E-state index in [1.165, 1.54) is 4.90 Å². The number of rotatable bonds is 12. The molecule has 42 heavy (non-hydrogen) atoms. The third kappa shape index (κ3) is 7.54. The highest BCUT2D eigenvalue weighted by atomic mass is 35.5. The van der Waals surface area contributed by atoms with Gasteiger partial charge in [-0.2, -0.15) is 0 Å². The van der Waals surface area contributed by atoms with Gasteiger partial charge in [-0.3, -0.25) is 13.9 Å². The van der Waals surface area contributed by atoms with Crippen LogP contribution < -0.4 is 9.62 Å². The van der Waals surface area contributed by atoms with Crippen molar-refractivity contribution in [3.05, 3.63) is 131 Å². The molecule has 0 aliphatic rings. The summed E-state index contributed by atoms with van der Waals surface area (Å²) in [4.78, 5) is 28.9. The molecule has 1 atom stereocenters. The molecule has 218 valence electrons. The number of anilines is 1. The number of carbonyl (C=O) groups excluding carboxylic acids is 2. The van der Waals surface area contributed by atoms with Gasteiger partial charge in [0.1, 0.15) is 18.4 Å². The zero-order valence-corrected chi connectivity index (χ0v) is 24.6. The Morgan fingerprint density at radius 3 is 2.07 bits per heavy atom. The lowest BCUT2D eigenvalue weighted by Gasteiger charge is -2.34. The number of carbonyl (C=O) groups is 2. The van der Waals surface area contributed by atoms with Crippen LogP contribution in [0.5, 0.6) is 0 Å². The monoisotopic (exact) mass is 607 g/mol. The fourth-order valence-corrected chi connectivity index (χ4v) is 6.12. The number of para-hydroxylation sites is 1. The molecule has 0 fully saturated rings. The second-order valence-electron chi connectivity index (χ2n) is 9.51. The highest BCUT2D eigenvalue weighted by Crippen LogP contribution is 2.26. The van der Waals surface area contributed by atoms with Crippen LogP contribution in [0.3, 0.4) is 0 Å². The van der Waals surface area contributed by atoms with Gasteiger partial charge in [-0.15, -0.1) is 0 Å². The number of benzene rings is 4. The first-order valence-electron chi connectivity index (χ1n) is 13.4. The summed E-state index contributed by atoms with van der Waals surface area (Å²) in [6.07, 6.45) is 0.193. The first kappa shape index (κ1) is 30.7. The first-order valence-corrected chi connectivity index (χ1v) is 15.2. The van der Waals surface area contributed by atoms with E-state index in [9.17, 15) is 22.4 Å². The lowest BCUT2D eigenvalue weighted by atomic mass is 10.0. The number of hydrogen-bond donors (Lipinski definition) is 1. The van der Waals surface area contributed by atoms with Crippen molar-refractivity contribution in [3.8, 4) is 0 Å². The van der Waals surface area contributed by atoms with Crippen molar-refractivity contribution in [2.45, 2.75) is 30.8 Å². The van der Waals surface area contributed by atoms with Gasteiger partial charge in [0, 0.05) is 24.5 Å². The van der Waals surface area contributed by atoms with Gasteiger partial charge >= 0.3 is 0 Å². The molecule has 1 N–H and O–H groups in total. The second-order valence-corrected chi connectivity index (χ2v) is 11.8. The van der Waals surface area contributed by atoms with E-state index >= 15 is 0 Å². The normalized spacial score (nSPS) is 11.9. The summed E-state index contributed by atoms with van der Waals surface area (Å²) in [5, 5.41) is 3.22. The van der Waals surface area contributed by atoms with Crippen molar-refractivity contribution >= 4 is 39.1 Å². The molecular weight excluding hydrogens is 577 g/mol. The lowest BCUT2D eigenvalue weighted by molar-refractivity contribution is -0.140. The van der Waals surface area contributed by atoms with Crippen LogP contribution in [0.25, 0.3) is 0 Å². The van der Waals surface area contributed by atoms with Gasteiger partial charge in [0.05, 0.1) is 10.6 Å². The zero-order chi connectivity index (χ0) is 30.1. The van der Waals surface area contributed by atoms with Crippen LogP contribution in [-0.2, 0) is 32.6 Å². The average molecular weight is 608 g/mol. The van der Waals surface area contributed by atoms with Crippen LogP contribution in [0.2, 0.25) is 5.02 Å². The highest BCUT2D eigenvalue weighted by Gasteiger charge is 2.34. The minimum absolute atomic E-state index is 0.0354. The molecule has 2 amide bonds. The fraction of sp³-hybridized carbons (Fsp3) is 0.188. The third-order valence-electron chi connectivity index (χ3n) is 6.65. The summed E-state index contributed by atoms with van der Waals surface area (Å²) < 4.78 is 42.3. The van der Waals surface area contributed by atoms with Gasteiger partial charge in [-0.05, 0) is 60.5 Å². The largest absolute Gasteiger partial charge is 0.355 e. The van der Waals surface area contributed by atoms with Crippen molar-refractivity contribution in [3.63, 3.8) is 0 Å². The molecule has 0 aliphatic carbocycles. The Labute approximate surface area is 250 Å². The van der Waals surface area contributed by atoms with Gasteiger partial charge < -0.3 is 10.2 Å². The molecule has 0 unspecified atom stereocenters. The van der Waals surface area contributed by atoms with Crippen molar-refractivity contribution in [1.29, 1.82) is 0 Å². The Hall–Kier alpha value is -4.21. The maximum absolute atomic E-state index is 14.3. The van der Waals surface area contributed by atoms with E-state index in [2.05, 4.69) is 5.32 Å². The molecule has 0 spiro atoms. The van der Waals surface area contributed by atoms with Crippen molar-refractivity contribution in [2.24, 2.45) is 0 Å². The summed E-state index contributed by atoms with van der Waals surface area (Å²) in [6.45, 7) is 1.47. The average Bonchev–Trinajstić information content (AvgIpc) is 2.99. The van der Waals surface area contributed by atoms with Crippen LogP contribution in [0, 0.1) is 5.82 Å². The summed E-state index contributed by atoms with van der Waals surface area (Å²) in [5.74, 6) is -1.58. The number of hydrogen-bond acceptors (Lipinski definition) is 4. The van der Waals surface area contributed by atoms with Crippen LogP contribution in [0.15, 0.2) is 114 Å². The molecule has 0 heterocycles. The zero-order valence-electron chi connectivity index (χ0n) is 23.0. The number of nitrogens with zero attached hydrogens (tertiary/aromatic N) is 2. The minimum atomic E-state index is -4.30. The molecule has 4 aromatic rings. The van der Waals surface area contributed by atoms with Gasteiger partial charge in [-0.1, -0.05) is 78.3 Å². The molecule has 0 saturated carbocycles. The van der Waals surface area contributed by atoms with Gasteiger partial charge in [0.15, 0.2) is 0 Å². The SMILES string of the molecule is CCNC(=O)[C@H](Cc1ccccc1)N(Cc1ccccc1Cl)C(=O)CN(c1ccccc1)S(=O)(=O)c1ccc(F)cc1. The molecule has 0 aliphatic heterocycles. The quantitative estimate of drug-likeness (QED) is 0.232. The number of likely N-dealkylation sites (N-methyl/N-ethyl adjacent to an activating group) is 1. The highest BCUT2D eigenvalue weighted by molar-refractivity contribution is 7.92. The van der Waals surface area contributed by atoms with E-state index in [1.54, 1.807) is 61.5 Å². The Morgan fingerprint density at radius 2 is 1.45 bits per heavy atom. The summed E-state index contributed by atoms with van der Waals surface area (Å²) in [7, 11) is -4.30. The molecule has 7 nitrogen and oxygen atoms in total. The van der Waals surface area contributed by atoms with E-state index in [0.29, 0.717) is 17.1 Å². The Kier molecular flexibility index (Phi) is 10.3. The number of amides is 2. The van der Waals surface area contributed by atoms with E-state index < -0.39 is 34.3 Å². The summed E-state index contributed by atoms with van der Waals surface area (Å²) >= 11 is 6.47. The topological polar surface area (TPSA) is 86.8 Å². The lowest BCUT2D eigenvalue weighted by Crippen LogP contribution is -2.53. The molecule has 4 aromatic carbocycles.